The number of aromatic nitrogens is 9. The summed E-state index contributed by atoms with van der Waals surface area (Å²) in [6.07, 6.45) is 12.6. The molecule has 2 aliphatic rings. The average molecular weight is 533 g/mol. The van der Waals surface area contributed by atoms with Crippen molar-refractivity contribution in [2.75, 3.05) is 5.32 Å². The molecule has 2 aliphatic carbocycles. The van der Waals surface area contributed by atoms with Crippen LogP contribution in [0, 0.1) is 5.95 Å². The summed E-state index contributed by atoms with van der Waals surface area (Å²) in [7, 11) is 0. The van der Waals surface area contributed by atoms with Crippen molar-refractivity contribution in [1.82, 2.24) is 44.4 Å². The predicted molar refractivity (Wildman–Crippen MR) is 135 cm³/mol. The molecule has 5 heterocycles. The number of fused-ring (bicyclic) bond motifs is 3. The van der Waals surface area contributed by atoms with Crippen LogP contribution in [-0.4, -0.2) is 50.3 Å². The van der Waals surface area contributed by atoms with E-state index in [1.165, 1.54) is 34.0 Å². The molecule has 13 heteroatoms. The van der Waals surface area contributed by atoms with E-state index >= 15 is 0 Å². The maximum absolute atomic E-state index is 14.2. The second-order valence-corrected chi connectivity index (χ2v) is 10.8. The van der Waals surface area contributed by atoms with Crippen LogP contribution in [0.15, 0.2) is 49.3 Å². The number of amides is 1. The van der Waals surface area contributed by atoms with Crippen molar-refractivity contribution in [3.63, 3.8) is 0 Å². The Bertz CT molecular complexity index is 1720. The van der Waals surface area contributed by atoms with E-state index in [2.05, 4.69) is 42.6 Å². The number of carbonyl (C=O) groups is 1. The topological polar surface area (TPSA) is 121 Å². The minimum Gasteiger partial charge on any atom is -0.324 e. The van der Waals surface area contributed by atoms with Crippen LogP contribution >= 0.6 is 11.6 Å². The molecule has 0 aliphatic heterocycles. The molecule has 1 N–H and O–H groups in total. The molecule has 11 nitrogen and oxygen atoms in total. The molecule has 0 saturated heterocycles. The van der Waals surface area contributed by atoms with Crippen molar-refractivity contribution >= 4 is 28.8 Å². The number of carbonyl (C=O) groups excluding carboxylic acids is 1. The van der Waals surface area contributed by atoms with Gasteiger partial charge in [0.2, 0.25) is 11.9 Å². The van der Waals surface area contributed by atoms with Gasteiger partial charge in [-0.05, 0) is 39.2 Å². The molecule has 2 atom stereocenters. The van der Waals surface area contributed by atoms with E-state index in [1.54, 1.807) is 12.3 Å². The van der Waals surface area contributed by atoms with Gasteiger partial charge in [0.25, 0.3) is 0 Å². The van der Waals surface area contributed by atoms with Crippen LogP contribution in [0.5, 0.6) is 0 Å². The van der Waals surface area contributed by atoms with Crippen molar-refractivity contribution in [2.45, 2.75) is 50.0 Å². The van der Waals surface area contributed by atoms with E-state index in [0.717, 1.165) is 24.1 Å². The van der Waals surface area contributed by atoms with Crippen molar-refractivity contribution in [2.24, 2.45) is 0 Å². The Morgan fingerprint density at radius 3 is 2.63 bits per heavy atom. The summed E-state index contributed by atoms with van der Waals surface area (Å²) in [6, 6.07) is 2.89. The molecule has 192 valence electrons. The lowest BCUT2D eigenvalue weighted by atomic mass is 9.80. The quantitative estimate of drug-likeness (QED) is 0.367. The second kappa shape index (κ2) is 7.90. The standard InChI is InChI=1S/C25H22ClFN10O/c1-24(3-4-24)35-13-14(10-32-35)25(2)9-16(17-12-28-20-8-19(27)34-36(20)21(17)25)23(38)33-15-7-18(26)22(29-11-15)37-30-5-6-31-37/h5-8,10-13,16H,3-4,9H2,1-2H3,(H,33,38)/t16-,25+/m1/s1. The maximum atomic E-state index is 14.2. The van der Waals surface area contributed by atoms with Crippen LogP contribution < -0.4 is 5.32 Å². The maximum Gasteiger partial charge on any atom is 0.235 e. The fourth-order valence-electron chi connectivity index (χ4n) is 5.34. The number of pyridine rings is 1. The van der Waals surface area contributed by atoms with Crippen molar-refractivity contribution in [3.8, 4) is 5.82 Å². The Morgan fingerprint density at radius 1 is 1.11 bits per heavy atom. The van der Waals surface area contributed by atoms with Crippen LogP contribution in [0.25, 0.3) is 11.5 Å². The van der Waals surface area contributed by atoms with E-state index < -0.39 is 17.3 Å². The zero-order chi connectivity index (χ0) is 26.2. The Balaban J connectivity index is 1.26. The smallest absolute Gasteiger partial charge is 0.235 e. The van der Waals surface area contributed by atoms with Gasteiger partial charge in [0, 0.05) is 35.0 Å². The van der Waals surface area contributed by atoms with Gasteiger partial charge in [0.15, 0.2) is 11.5 Å². The monoisotopic (exact) mass is 532 g/mol. The highest BCUT2D eigenvalue weighted by molar-refractivity contribution is 6.32. The highest BCUT2D eigenvalue weighted by Gasteiger charge is 2.49. The van der Waals surface area contributed by atoms with E-state index in [1.807, 2.05) is 24.0 Å². The normalized spacial score (nSPS) is 21.5. The van der Waals surface area contributed by atoms with Crippen LogP contribution in [-0.2, 0) is 15.7 Å². The lowest BCUT2D eigenvalue weighted by Crippen LogP contribution is -2.25. The number of nitrogens with one attached hydrogen (secondary N) is 1. The first-order valence-corrected chi connectivity index (χ1v) is 12.6. The van der Waals surface area contributed by atoms with Gasteiger partial charge in [-0.15, -0.1) is 9.90 Å². The number of hydrogen-bond donors (Lipinski definition) is 1. The minimum absolute atomic E-state index is 0.0162. The third kappa shape index (κ3) is 3.43. The van der Waals surface area contributed by atoms with Gasteiger partial charge in [-0.25, -0.2) is 14.5 Å². The first-order valence-electron chi connectivity index (χ1n) is 12.2. The molecule has 0 aromatic carbocycles. The lowest BCUT2D eigenvalue weighted by molar-refractivity contribution is -0.117. The summed E-state index contributed by atoms with van der Waals surface area (Å²) in [6.45, 7) is 4.21. The fourth-order valence-corrected chi connectivity index (χ4v) is 5.59. The Kier molecular flexibility index (Phi) is 4.78. The van der Waals surface area contributed by atoms with Gasteiger partial charge in [-0.3, -0.25) is 9.48 Å². The molecule has 5 aromatic rings. The van der Waals surface area contributed by atoms with Crippen LogP contribution in [0.3, 0.4) is 0 Å². The lowest BCUT2D eigenvalue weighted by Gasteiger charge is -2.25. The average Bonchev–Trinajstić information content (AvgIpc) is 3.40. The van der Waals surface area contributed by atoms with Crippen LogP contribution in [0.2, 0.25) is 5.02 Å². The van der Waals surface area contributed by atoms with E-state index in [4.69, 9.17) is 11.6 Å². The Labute approximate surface area is 220 Å². The highest BCUT2D eigenvalue weighted by atomic mass is 35.5. The second-order valence-electron chi connectivity index (χ2n) is 10.4. The van der Waals surface area contributed by atoms with Gasteiger partial charge in [0.1, 0.15) is 0 Å². The van der Waals surface area contributed by atoms with Gasteiger partial charge in [-0.1, -0.05) is 11.6 Å². The fraction of sp³-hybridized carbons (Fsp3) is 0.320. The highest BCUT2D eigenvalue weighted by Crippen LogP contribution is 2.51. The van der Waals surface area contributed by atoms with Crippen LogP contribution in [0.4, 0.5) is 10.1 Å². The zero-order valence-corrected chi connectivity index (χ0v) is 21.3. The molecule has 0 spiro atoms. The molecule has 38 heavy (non-hydrogen) atoms. The van der Waals surface area contributed by atoms with E-state index in [-0.39, 0.29) is 16.5 Å². The number of halogens is 2. The molecule has 7 rings (SSSR count). The molecule has 0 radical (unpaired) electrons. The summed E-state index contributed by atoms with van der Waals surface area (Å²) < 4.78 is 17.7. The van der Waals surface area contributed by atoms with Crippen molar-refractivity contribution < 1.29 is 9.18 Å². The third-order valence-corrected chi connectivity index (χ3v) is 8.03. The summed E-state index contributed by atoms with van der Waals surface area (Å²) in [5.74, 6) is -1.12. The Hall–Kier alpha value is -4.19. The first kappa shape index (κ1) is 23.0. The van der Waals surface area contributed by atoms with Crippen LogP contribution in [0.1, 0.15) is 55.8 Å². The first-order chi connectivity index (χ1) is 18.2. The molecule has 5 aromatic heterocycles. The molecular weight excluding hydrogens is 511 g/mol. The SMILES string of the molecule is CC1(n2cc([C@]3(C)C[C@@H](C(=O)Nc4cnc(-n5nccn5)c(Cl)c4)c4cnc5cc(F)nn5c43)cn2)CC1. The van der Waals surface area contributed by atoms with Gasteiger partial charge in [0.05, 0.1) is 52.6 Å². The molecule has 0 unspecified atom stereocenters. The number of rotatable bonds is 5. The Morgan fingerprint density at radius 2 is 1.89 bits per heavy atom. The minimum atomic E-state index is -0.661. The van der Waals surface area contributed by atoms with Crippen molar-refractivity contribution in [1.29, 1.82) is 0 Å². The number of nitrogens with zero attached hydrogens (tertiary/aromatic N) is 9. The summed E-state index contributed by atoms with van der Waals surface area (Å²) in [5, 5.41) is 20.0. The molecular formula is C25H22ClFN10O. The largest absolute Gasteiger partial charge is 0.324 e. The molecule has 1 fully saturated rings. The summed E-state index contributed by atoms with van der Waals surface area (Å²) in [4.78, 5) is 23.7. The third-order valence-electron chi connectivity index (χ3n) is 7.75. The van der Waals surface area contributed by atoms with E-state index in [9.17, 15) is 9.18 Å². The van der Waals surface area contributed by atoms with Gasteiger partial charge < -0.3 is 5.32 Å². The van der Waals surface area contributed by atoms with Crippen molar-refractivity contribution in [3.05, 3.63) is 77.1 Å². The molecule has 0 bridgehead atoms. The zero-order valence-electron chi connectivity index (χ0n) is 20.5. The molecule has 1 saturated carbocycles. The van der Waals surface area contributed by atoms with E-state index in [0.29, 0.717) is 29.1 Å². The number of hydrogen-bond acceptors (Lipinski definition) is 7. The predicted octanol–water partition coefficient (Wildman–Crippen LogP) is 3.64. The number of anilines is 1. The summed E-state index contributed by atoms with van der Waals surface area (Å²) in [5.41, 5.74) is 2.51. The summed E-state index contributed by atoms with van der Waals surface area (Å²) >= 11 is 6.40. The van der Waals surface area contributed by atoms with Gasteiger partial charge >= 0.3 is 0 Å². The molecule has 1 amide bonds. The van der Waals surface area contributed by atoms with Gasteiger partial charge in [-0.2, -0.15) is 19.7 Å².